The van der Waals surface area contributed by atoms with E-state index < -0.39 is 24.5 Å². The van der Waals surface area contributed by atoms with E-state index >= 15 is 0 Å². The number of amides is 2. The van der Waals surface area contributed by atoms with Gasteiger partial charge in [0.15, 0.2) is 0 Å². The molecule has 0 bridgehead atoms. The summed E-state index contributed by atoms with van der Waals surface area (Å²) in [4.78, 5) is 47.6. The van der Waals surface area contributed by atoms with Gasteiger partial charge < -0.3 is 25.6 Å². The van der Waals surface area contributed by atoms with E-state index in [1.165, 1.54) is 122 Å². The molecular formula is C47H86N2O7. The van der Waals surface area contributed by atoms with Crippen molar-refractivity contribution in [2.45, 2.75) is 238 Å². The lowest BCUT2D eigenvalue weighted by molar-refractivity contribution is -0.150. The summed E-state index contributed by atoms with van der Waals surface area (Å²) in [5.74, 6) is -2.31. The van der Waals surface area contributed by atoms with Gasteiger partial charge >= 0.3 is 11.9 Å². The van der Waals surface area contributed by atoms with Crippen molar-refractivity contribution in [1.29, 1.82) is 0 Å². The van der Waals surface area contributed by atoms with Gasteiger partial charge in [0.25, 0.3) is 0 Å². The summed E-state index contributed by atoms with van der Waals surface area (Å²) in [6.45, 7) is 3.48. The van der Waals surface area contributed by atoms with Gasteiger partial charge in [0, 0.05) is 12.8 Å². The standard InChI is InChI=1S/C47H86N2O7/c1-3-5-7-9-11-13-15-16-17-18-19-20-22-24-26-31-35-39-46(53)56-42(36-32-28-25-23-21-14-12-10-8-6-4-2)37-33-29-27-30-34-38-44(51)48-40-45(52)49-43(41-50)47(54)55/h16-17,23,25,42-43,50H,3-15,18-22,24,26-41H2,1-2H3,(H,48,51)(H,49,52)(H,54,55)/b17-16-,25-23-. The van der Waals surface area contributed by atoms with Crippen molar-refractivity contribution < 1.29 is 34.1 Å². The molecule has 2 amide bonds. The molecule has 0 aromatic carbocycles. The first-order valence-electron chi connectivity index (χ1n) is 23.2. The van der Waals surface area contributed by atoms with Gasteiger partial charge in [-0.1, -0.05) is 154 Å². The molecule has 0 heterocycles. The Kier molecular flexibility index (Phi) is 39.9. The highest BCUT2D eigenvalue weighted by Crippen LogP contribution is 2.18. The third-order valence-corrected chi connectivity index (χ3v) is 10.4. The van der Waals surface area contributed by atoms with Crippen molar-refractivity contribution in [3.05, 3.63) is 24.3 Å². The second-order valence-electron chi connectivity index (χ2n) is 15.8. The van der Waals surface area contributed by atoms with Gasteiger partial charge in [0.05, 0.1) is 13.2 Å². The monoisotopic (exact) mass is 791 g/mol. The number of carbonyl (C=O) groups excluding carboxylic acids is 3. The van der Waals surface area contributed by atoms with E-state index in [0.717, 1.165) is 70.6 Å². The number of allylic oxidation sites excluding steroid dienone is 4. The summed E-state index contributed by atoms with van der Waals surface area (Å²) < 4.78 is 6.02. The fourth-order valence-corrected chi connectivity index (χ4v) is 6.83. The molecule has 0 aliphatic heterocycles. The summed E-state index contributed by atoms with van der Waals surface area (Å²) in [5, 5.41) is 22.6. The maximum Gasteiger partial charge on any atom is 0.328 e. The second-order valence-corrected chi connectivity index (χ2v) is 15.8. The molecule has 0 radical (unpaired) electrons. The van der Waals surface area contributed by atoms with Crippen LogP contribution in [-0.2, 0) is 23.9 Å². The molecule has 0 saturated heterocycles. The minimum Gasteiger partial charge on any atom is -0.480 e. The molecule has 0 saturated carbocycles. The van der Waals surface area contributed by atoms with Crippen molar-refractivity contribution in [2.24, 2.45) is 0 Å². The SMILES string of the molecule is CCCCCCCC/C=C\CCCCCCCCCC(=O)OC(CCC/C=C\CCCCCCCC)CCCCCCCC(=O)NCC(=O)NC(CO)C(=O)O. The Morgan fingerprint density at radius 1 is 0.518 bits per heavy atom. The summed E-state index contributed by atoms with van der Waals surface area (Å²) >= 11 is 0. The van der Waals surface area contributed by atoms with Crippen LogP contribution < -0.4 is 10.6 Å². The topological polar surface area (TPSA) is 142 Å². The van der Waals surface area contributed by atoms with Crippen LogP contribution in [0.3, 0.4) is 0 Å². The van der Waals surface area contributed by atoms with E-state index in [4.69, 9.17) is 14.9 Å². The highest BCUT2D eigenvalue weighted by molar-refractivity contribution is 5.87. The van der Waals surface area contributed by atoms with E-state index in [1.807, 2.05) is 0 Å². The predicted molar refractivity (Wildman–Crippen MR) is 232 cm³/mol. The molecule has 4 N–H and O–H groups in total. The van der Waals surface area contributed by atoms with Crippen LogP contribution in [-0.4, -0.2) is 59.3 Å². The van der Waals surface area contributed by atoms with Crippen molar-refractivity contribution >= 4 is 23.8 Å². The number of carboxylic acids is 1. The minimum atomic E-state index is -1.38. The van der Waals surface area contributed by atoms with E-state index in [9.17, 15) is 19.2 Å². The molecule has 0 aliphatic rings. The second kappa shape index (κ2) is 41.9. The Hall–Kier alpha value is -2.68. The van der Waals surface area contributed by atoms with Crippen molar-refractivity contribution in [1.82, 2.24) is 10.6 Å². The molecule has 326 valence electrons. The lowest BCUT2D eigenvalue weighted by atomic mass is 10.0. The van der Waals surface area contributed by atoms with Gasteiger partial charge in [-0.05, 0) is 83.5 Å². The number of aliphatic hydroxyl groups excluding tert-OH is 1. The molecule has 0 fully saturated rings. The van der Waals surface area contributed by atoms with Crippen LogP contribution in [0.5, 0.6) is 0 Å². The maximum atomic E-state index is 12.8. The molecule has 2 unspecified atom stereocenters. The molecule has 0 spiro atoms. The van der Waals surface area contributed by atoms with Crippen molar-refractivity contribution in [3.8, 4) is 0 Å². The highest BCUT2D eigenvalue weighted by Gasteiger charge is 2.19. The number of nitrogens with one attached hydrogen (secondary N) is 2. The minimum absolute atomic E-state index is 0.0437. The summed E-state index contributed by atoms with van der Waals surface area (Å²) in [6, 6.07) is -1.38. The summed E-state index contributed by atoms with van der Waals surface area (Å²) in [5.41, 5.74) is 0. The quantitative estimate of drug-likeness (QED) is 0.0274. The third kappa shape index (κ3) is 38.2. The Bertz CT molecular complexity index is 999. The van der Waals surface area contributed by atoms with E-state index in [-0.39, 0.29) is 24.5 Å². The first kappa shape index (κ1) is 53.3. The number of hydrogen-bond donors (Lipinski definition) is 4. The molecule has 0 aliphatic carbocycles. The van der Waals surface area contributed by atoms with Gasteiger partial charge in [-0.15, -0.1) is 0 Å². The molecule has 9 heteroatoms. The Morgan fingerprint density at radius 3 is 1.41 bits per heavy atom. The van der Waals surface area contributed by atoms with E-state index in [1.54, 1.807) is 0 Å². The number of aliphatic hydroxyl groups is 1. The number of hydrogen-bond acceptors (Lipinski definition) is 6. The Balaban J connectivity index is 4.29. The Morgan fingerprint density at radius 2 is 0.929 bits per heavy atom. The van der Waals surface area contributed by atoms with Crippen molar-refractivity contribution in [2.75, 3.05) is 13.2 Å². The molecule has 2 atom stereocenters. The lowest BCUT2D eigenvalue weighted by Gasteiger charge is -2.18. The molecule has 0 aromatic rings. The average Bonchev–Trinajstić information content (AvgIpc) is 3.18. The molecular weight excluding hydrogens is 705 g/mol. The fourth-order valence-electron chi connectivity index (χ4n) is 6.83. The van der Waals surface area contributed by atoms with Gasteiger partial charge in [0.2, 0.25) is 11.8 Å². The van der Waals surface area contributed by atoms with Gasteiger partial charge in [-0.25, -0.2) is 4.79 Å². The maximum absolute atomic E-state index is 12.8. The lowest BCUT2D eigenvalue weighted by Crippen LogP contribution is -2.47. The zero-order valence-corrected chi connectivity index (χ0v) is 36.1. The van der Waals surface area contributed by atoms with E-state index in [2.05, 4.69) is 48.8 Å². The van der Waals surface area contributed by atoms with Crippen LogP contribution in [0.25, 0.3) is 0 Å². The smallest absolute Gasteiger partial charge is 0.328 e. The van der Waals surface area contributed by atoms with Gasteiger partial charge in [-0.3, -0.25) is 14.4 Å². The van der Waals surface area contributed by atoms with Crippen LogP contribution in [0.4, 0.5) is 0 Å². The predicted octanol–water partition coefficient (Wildman–Crippen LogP) is 11.6. The van der Waals surface area contributed by atoms with E-state index in [0.29, 0.717) is 19.3 Å². The average molecular weight is 791 g/mol. The normalized spacial score (nSPS) is 12.6. The third-order valence-electron chi connectivity index (χ3n) is 10.4. The number of esters is 1. The van der Waals surface area contributed by atoms with Crippen LogP contribution in [0.1, 0.15) is 226 Å². The number of unbranched alkanes of at least 4 members (excludes halogenated alkanes) is 24. The fraction of sp³-hybridized carbons (Fsp3) is 0.830. The van der Waals surface area contributed by atoms with Crippen LogP contribution in [0.2, 0.25) is 0 Å². The largest absolute Gasteiger partial charge is 0.480 e. The zero-order valence-electron chi connectivity index (χ0n) is 36.1. The van der Waals surface area contributed by atoms with Crippen LogP contribution in [0, 0.1) is 0 Å². The first-order valence-corrected chi connectivity index (χ1v) is 23.2. The first-order chi connectivity index (χ1) is 27.3. The number of carboxylic acid groups (broad SMARTS) is 1. The number of ether oxygens (including phenoxy) is 1. The van der Waals surface area contributed by atoms with Crippen LogP contribution >= 0.6 is 0 Å². The number of carbonyl (C=O) groups is 4. The highest BCUT2D eigenvalue weighted by atomic mass is 16.5. The molecule has 9 nitrogen and oxygen atoms in total. The summed E-state index contributed by atoms with van der Waals surface area (Å²) in [6.07, 6.45) is 46.4. The summed E-state index contributed by atoms with van der Waals surface area (Å²) in [7, 11) is 0. The molecule has 0 rings (SSSR count). The number of rotatable bonds is 42. The molecule has 56 heavy (non-hydrogen) atoms. The number of aliphatic carboxylic acids is 1. The Labute approximate surface area is 343 Å². The van der Waals surface area contributed by atoms with Gasteiger partial charge in [0.1, 0.15) is 12.1 Å². The zero-order chi connectivity index (χ0) is 41.2. The molecule has 0 aromatic heterocycles. The van der Waals surface area contributed by atoms with Crippen LogP contribution in [0.15, 0.2) is 24.3 Å². The van der Waals surface area contributed by atoms with Crippen molar-refractivity contribution in [3.63, 3.8) is 0 Å². The van der Waals surface area contributed by atoms with Gasteiger partial charge in [-0.2, -0.15) is 0 Å².